The summed E-state index contributed by atoms with van der Waals surface area (Å²) in [6.07, 6.45) is 0. The Bertz CT molecular complexity index is 819. The molecule has 3 aromatic carbocycles. The van der Waals surface area contributed by atoms with Crippen LogP contribution in [0.2, 0.25) is 0 Å². The van der Waals surface area contributed by atoms with E-state index in [2.05, 4.69) is 66.0 Å². The Balaban J connectivity index is 1.97. The van der Waals surface area contributed by atoms with Gasteiger partial charge in [0.2, 0.25) is 0 Å². The molecule has 1 N–H and O–H groups in total. The van der Waals surface area contributed by atoms with E-state index < -0.39 is 0 Å². The molecule has 90 valence electrons. The average Bonchev–Trinajstić information content (AvgIpc) is 3.27. The Morgan fingerprint density at radius 1 is 0.684 bits per heavy atom. The van der Waals surface area contributed by atoms with Crippen molar-refractivity contribution >= 4 is 10.8 Å². The summed E-state index contributed by atoms with van der Waals surface area (Å²) in [4.78, 5) is 0. The van der Waals surface area contributed by atoms with Crippen LogP contribution >= 0.6 is 0 Å². The zero-order chi connectivity index (χ0) is 12.4. The minimum absolute atomic E-state index is 0.523. The van der Waals surface area contributed by atoms with Crippen LogP contribution in [0.1, 0.15) is 23.2 Å². The third-order valence-corrected chi connectivity index (χ3v) is 4.44. The van der Waals surface area contributed by atoms with Gasteiger partial charge in [-0.25, -0.2) is 0 Å². The summed E-state index contributed by atoms with van der Waals surface area (Å²) >= 11 is 0. The fourth-order valence-electron chi connectivity index (χ4n) is 3.52. The Hall–Kier alpha value is -2.12. The Kier molecular flexibility index (Phi) is 1.67. The Morgan fingerprint density at radius 2 is 1.47 bits per heavy atom. The maximum atomic E-state index is 3.61. The van der Waals surface area contributed by atoms with E-state index in [9.17, 15) is 0 Å². The van der Waals surface area contributed by atoms with Gasteiger partial charge in [0.15, 0.2) is 0 Å². The fraction of sp³-hybridized carbons (Fsp3) is 0.111. The van der Waals surface area contributed by atoms with Crippen molar-refractivity contribution in [2.24, 2.45) is 0 Å². The van der Waals surface area contributed by atoms with Crippen LogP contribution in [0.15, 0.2) is 60.7 Å². The Morgan fingerprint density at radius 3 is 2.47 bits per heavy atom. The lowest BCUT2D eigenvalue weighted by Crippen LogP contribution is -1.99. The number of nitrogens with one attached hydrogen (secondary N) is 1. The predicted molar refractivity (Wildman–Crippen MR) is 78.0 cm³/mol. The van der Waals surface area contributed by atoms with Crippen molar-refractivity contribution < 1.29 is 0 Å². The second kappa shape index (κ2) is 3.25. The van der Waals surface area contributed by atoms with Gasteiger partial charge >= 0.3 is 0 Å². The first-order valence-corrected chi connectivity index (χ1v) is 6.80. The predicted octanol–water partition coefficient (Wildman–Crippen LogP) is 4.21. The second-order valence-corrected chi connectivity index (χ2v) is 5.46. The summed E-state index contributed by atoms with van der Waals surface area (Å²) in [5.41, 5.74) is 5.75. The highest BCUT2D eigenvalue weighted by atomic mass is 15.2. The summed E-state index contributed by atoms with van der Waals surface area (Å²) in [6, 6.07) is 23.1. The van der Waals surface area contributed by atoms with E-state index in [4.69, 9.17) is 0 Å². The van der Waals surface area contributed by atoms with E-state index in [0.717, 1.165) is 0 Å². The van der Waals surface area contributed by atoms with E-state index in [1.165, 1.54) is 33.0 Å². The van der Waals surface area contributed by atoms with Crippen molar-refractivity contribution in [3.05, 3.63) is 71.8 Å². The highest BCUT2D eigenvalue weighted by molar-refractivity contribution is 6.00. The summed E-state index contributed by atoms with van der Waals surface area (Å²) in [5.74, 6) is 0. The molecule has 1 heterocycles. The first-order chi connectivity index (χ1) is 9.43. The highest BCUT2D eigenvalue weighted by Gasteiger charge is 2.45. The third kappa shape index (κ3) is 1.18. The van der Waals surface area contributed by atoms with Crippen LogP contribution in [0.3, 0.4) is 0 Å². The SMILES string of the molecule is c1ccc2c(c1)-c1c(ccc3ccccc13)C1NC21. The standard InChI is InChI=1S/C18H13N/c1-2-6-12-11(5-1)9-10-15-16(12)13-7-3-4-8-14(13)17-18(15)19-17/h1-10,17-19H. The van der Waals surface area contributed by atoms with Crippen molar-refractivity contribution in [2.75, 3.05) is 0 Å². The number of rotatable bonds is 0. The van der Waals surface area contributed by atoms with Crippen LogP contribution in [0.5, 0.6) is 0 Å². The second-order valence-electron chi connectivity index (χ2n) is 5.46. The maximum Gasteiger partial charge on any atom is 0.0530 e. The van der Waals surface area contributed by atoms with Gasteiger partial charge < -0.3 is 0 Å². The monoisotopic (exact) mass is 243 g/mol. The average molecular weight is 243 g/mol. The largest absolute Gasteiger partial charge is 0.300 e. The topological polar surface area (TPSA) is 21.9 Å². The number of benzene rings is 3. The van der Waals surface area contributed by atoms with Gasteiger partial charge in [-0.15, -0.1) is 0 Å². The molecule has 0 aromatic heterocycles. The molecule has 19 heavy (non-hydrogen) atoms. The van der Waals surface area contributed by atoms with E-state index in [1.54, 1.807) is 0 Å². The summed E-state index contributed by atoms with van der Waals surface area (Å²) in [5, 5.41) is 6.31. The molecular formula is C18H13N. The van der Waals surface area contributed by atoms with E-state index in [1.807, 2.05) is 0 Å². The lowest BCUT2D eigenvalue weighted by molar-refractivity contribution is 1.01. The molecule has 1 aliphatic carbocycles. The third-order valence-electron chi connectivity index (χ3n) is 4.44. The van der Waals surface area contributed by atoms with Gasteiger partial charge in [-0.3, -0.25) is 5.32 Å². The number of fused-ring (bicyclic) bond motifs is 8. The molecule has 0 bridgehead atoms. The summed E-state index contributed by atoms with van der Waals surface area (Å²) in [7, 11) is 0. The summed E-state index contributed by atoms with van der Waals surface area (Å²) < 4.78 is 0. The molecular weight excluding hydrogens is 230 g/mol. The maximum absolute atomic E-state index is 3.61. The van der Waals surface area contributed by atoms with Gasteiger partial charge in [0, 0.05) is 0 Å². The van der Waals surface area contributed by atoms with Crippen molar-refractivity contribution in [3.8, 4) is 11.1 Å². The van der Waals surface area contributed by atoms with Crippen molar-refractivity contribution in [1.82, 2.24) is 5.32 Å². The zero-order valence-corrected chi connectivity index (χ0v) is 10.4. The van der Waals surface area contributed by atoms with Crippen LogP contribution in [0, 0.1) is 0 Å². The molecule has 2 atom stereocenters. The van der Waals surface area contributed by atoms with E-state index in [-0.39, 0.29) is 0 Å². The van der Waals surface area contributed by atoms with E-state index >= 15 is 0 Å². The van der Waals surface area contributed by atoms with Crippen LogP contribution in [0.25, 0.3) is 21.9 Å². The molecule has 5 rings (SSSR count). The van der Waals surface area contributed by atoms with Gasteiger partial charge in [0.05, 0.1) is 12.1 Å². The van der Waals surface area contributed by atoms with Crippen molar-refractivity contribution in [2.45, 2.75) is 12.1 Å². The Labute approximate surface area is 111 Å². The molecule has 0 spiro atoms. The van der Waals surface area contributed by atoms with Gasteiger partial charge in [-0.2, -0.15) is 0 Å². The molecule has 0 amide bonds. The molecule has 1 aliphatic heterocycles. The molecule has 2 aliphatic rings. The van der Waals surface area contributed by atoms with Crippen LogP contribution in [0.4, 0.5) is 0 Å². The molecule has 0 saturated carbocycles. The van der Waals surface area contributed by atoms with Crippen LogP contribution in [-0.4, -0.2) is 0 Å². The fourth-order valence-corrected chi connectivity index (χ4v) is 3.52. The van der Waals surface area contributed by atoms with Gasteiger partial charge in [0.1, 0.15) is 0 Å². The molecule has 2 unspecified atom stereocenters. The summed E-state index contributed by atoms with van der Waals surface area (Å²) in [6.45, 7) is 0. The quantitative estimate of drug-likeness (QED) is 0.587. The molecule has 3 aromatic rings. The number of hydrogen-bond donors (Lipinski definition) is 1. The molecule has 0 radical (unpaired) electrons. The first-order valence-electron chi connectivity index (χ1n) is 6.80. The smallest absolute Gasteiger partial charge is 0.0530 e. The van der Waals surface area contributed by atoms with Crippen molar-refractivity contribution in [1.29, 1.82) is 0 Å². The normalized spacial score (nSPS) is 22.5. The molecule has 1 fully saturated rings. The minimum Gasteiger partial charge on any atom is -0.300 e. The van der Waals surface area contributed by atoms with Crippen LogP contribution in [-0.2, 0) is 0 Å². The number of hydrogen-bond acceptors (Lipinski definition) is 1. The van der Waals surface area contributed by atoms with Crippen LogP contribution < -0.4 is 5.32 Å². The zero-order valence-electron chi connectivity index (χ0n) is 10.4. The molecule has 1 nitrogen and oxygen atoms in total. The van der Waals surface area contributed by atoms with E-state index in [0.29, 0.717) is 12.1 Å². The molecule has 1 heteroatoms. The van der Waals surface area contributed by atoms with Gasteiger partial charge in [0.25, 0.3) is 0 Å². The molecule has 1 saturated heterocycles. The lowest BCUT2D eigenvalue weighted by Gasteiger charge is -2.19. The van der Waals surface area contributed by atoms with Crippen molar-refractivity contribution in [3.63, 3.8) is 0 Å². The minimum atomic E-state index is 0.523. The highest BCUT2D eigenvalue weighted by Crippen LogP contribution is 2.54. The first kappa shape index (κ1) is 9.76. The van der Waals surface area contributed by atoms with Gasteiger partial charge in [-0.05, 0) is 33.0 Å². The van der Waals surface area contributed by atoms with Gasteiger partial charge in [-0.1, -0.05) is 60.7 Å². The lowest BCUT2D eigenvalue weighted by atomic mass is 9.83.